The molecule has 1 fully saturated rings. The van der Waals surface area contributed by atoms with E-state index in [0.29, 0.717) is 6.54 Å². The second-order valence-corrected chi connectivity index (χ2v) is 6.55. The number of halogens is 1. The molecular formula is C15H21FN4O4. The van der Waals surface area contributed by atoms with Crippen LogP contribution in [0.5, 0.6) is 0 Å². The maximum absolute atomic E-state index is 14.4. The van der Waals surface area contributed by atoms with Crippen molar-refractivity contribution in [2.24, 2.45) is 0 Å². The summed E-state index contributed by atoms with van der Waals surface area (Å²) in [7, 11) is 0. The summed E-state index contributed by atoms with van der Waals surface area (Å²) in [6, 6.07) is 0.429. The van der Waals surface area contributed by atoms with E-state index in [9.17, 15) is 19.3 Å². The van der Waals surface area contributed by atoms with Gasteiger partial charge >= 0.3 is 11.8 Å². The van der Waals surface area contributed by atoms with Gasteiger partial charge in [0, 0.05) is 12.7 Å². The molecule has 1 N–H and O–H groups in total. The number of nitro groups is 1. The fraction of sp³-hybridized carbons (Fsp3) is 0.600. The first-order valence-corrected chi connectivity index (χ1v) is 7.66. The van der Waals surface area contributed by atoms with E-state index >= 15 is 0 Å². The summed E-state index contributed by atoms with van der Waals surface area (Å²) in [4.78, 5) is 28.0. The molecule has 1 aliphatic heterocycles. The topological polar surface area (TPSA) is 97.6 Å². The molecule has 1 aliphatic rings. The van der Waals surface area contributed by atoms with Crippen LogP contribution in [0.1, 0.15) is 27.2 Å². The van der Waals surface area contributed by atoms with Gasteiger partial charge in [-0.2, -0.15) is 0 Å². The fourth-order valence-corrected chi connectivity index (χ4v) is 2.51. The molecule has 0 aliphatic carbocycles. The molecule has 2 atom stereocenters. The molecule has 24 heavy (non-hydrogen) atoms. The normalized spacial score (nSPS) is 21.2. The molecule has 8 nitrogen and oxygen atoms in total. The van der Waals surface area contributed by atoms with Crippen molar-refractivity contribution in [2.45, 2.75) is 45.0 Å². The molecule has 132 valence electrons. The van der Waals surface area contributed by atoms with Crippen LogP contribution in [-0.2, 0) is 4.74 Å². The van der Waals surface area contributed by atoms with Crippen molar-refractivity contribution in [2.75, 3.05) is 18.0 Å². The lowest BCUT2D eigenvalue weighted by Gasteiger charge is -2.37. The number of alkyl halides is 1. The van der Waals surface area contributed by atoms with Crippen molar-refractivity contribution < 1.29 is 18.8 Å². The molecule has 2 heterocycles. The fourth-order valence-electron chi connectivity index (χ4n) is 2.51. The van der Waals surface area contributed by atoms with Gasteiger partial charge in [0.2, 0.25) is 0 Å². The predicted molar refractivity (Wildman–Crippen MR) is 85.8 cm³/mol. The average molecular weight is 340 g/mol. The predicted octanol–water partition coefficient (Wildman–Crippen LogP) is 2.43. The van der Waals surface area contributed by atoms with E-state index < -0.39 is 28.8 Å². The van der Waals surface area contributed by atoms with Crippen LogP contribution in [0, 0.1) is 10.1 Å². The minimum absolute atomic E-state index is 0.0272. The molecule has 0 bridgehead atoms. The Hall–Kier alpha value is -2.29. The third-order valence-corrected chi connectivity index (χ3v) is 3.52. The number of amides is 1. The molecule has 0 radical (unpaired) electrons. The maximum Gasteiger partial charge on any atom is 0.415 e. The number of aromatic nitrogens is 1. The number of rotatable bonds is 3. The number of hydrogen-bond donors (Lipinski definition) is 1. The Balaban J connectivity index is 2.46. The first-order chi connectivity index (χ1) is 11.2. The smallest absolute Gasteiger partial charge is 0.415 e. The number of anilines is 1. The second-order valence-electron chi connectivity index (χ2n) is 6.55. The Morgan fingerprint density at radius 1 is 1.54 bits per heavy atom. The van der Waals surface area contributed by atoms with Gasteiger partial charge in [-0.15, -0.1) is 0 Å². The number of pyridine rings is 1. The molecule has 1 aromatic heterocycles. The molecular weight excluding hydrogens is 319 g/mol. The van der Waals surface area contributed by atoms with Crippen LogP contribution in [0.4, 0.5) is 20.6 Å². The lowest BCUT2D eigenvalue weighted by Crippen LogP contribution is -2.56. The summed E-state index contributed by atoms with van der Waals surface area (Å²) >= 11 is 0. The van der Waals surface area contributed by atoms with Crippen molar-refractivity contribution >= 4 is 17.5 Å². The van der Waals surface area contributed by atoms with Gasteiger partial charge < -0.3 is 10.1 Å². The van der Waals surface area contributed by atoms with Gasteiger partial charge in [0.05, 0.1) is 11.0 Å². The molecule has 1 saturated heterocycles. The molecule has 1 aromatic rings. The van der Waals surface area contributed by atoms with Crippen LogP contribution in [0.3, 0.4) is 0 Å². The van der Waals surface area contributed by atoms with Crippen molar-refractivity contribution in [1.82, 2.24) is 10.3 Å². The third-order valence-electron chi connectivity index (χ3n) is 3.52. The Bertz CT molecular complexity index is 620. The number of carbonyl (C=O) groups is 1. The highest BCUT2D eigenvalue weighted by molar-refractivity contribution is 5.91. The van der Waals surface area contributed by atoms with E-state index in [2.05, 4.69) is 10.3 Å². The van der Waals surface area contributed by atoms with Crippen LogP contribution >= 0.6 is 0 Å². The minimum Gasteiger partial charge on any atom is -0.443 e. The number of hydrogen-bond acceptors (Lipinski definition) is 6. The zero-order chi connectivity index (χ0) is 17.9. The first kappa shape index (κ1) is 18.1. The van der Waals surface area contributed by atoms with Gasteiger partial charge in [-0.1, -0.05) is 0 Å². The van der Waals surface area contributed by atoms with Gasteiger partial charge in [-0.05, 0) is 39.8 Å². The molecule has 9 heteroatoms. The van der Waals surface area contributed by atoms with Crippen LogP contribution in [0.25, 0.3) is 0 Å². The Kier molecular flexibility index (Phi) is 5.33. The van der Waals surface area contributed by atoms with E-state index in [1.165, 1.54) is 12.3 Å². The highest BCUT2D eigenvalue weighted by Gasteiger charge is 2.39. The quantitative estimate of drug-likeness (QED) is 0.670. The van der Waals surface area contributed by atoms with Crippen molar-refractivity contribution in [3.8, 4) is 0 Å². The van der Waals surface area contributed by atoms with E-state index in [0.717, 1.165) is 11.1 Å². The Labute approximate surface area is 139 Å². The lowest BCUT2D eigenvalue weighted by atomic mass is 10.0. The summed E-state index contributed by atoms with van der Waals surface area (Å²) in [5, 5.41) is 14.3. The standard InChI is InChI=1S/C15H21FN4O4/c1-15(2,3)24-14(21)19(12-8-17-6-4-10(12)16)11-5-7-18-9-13(11)20(22)23/h5,7,9-10,12,17H,4,6,8H2,1-3H3/t10-,12-/m1/s1. The largest absolute Gasteiger partial charge is 0.443 e. The van der Waals surface area contributed by atoms with Crippen LogP contribution in [-0.4, -0.2) is 46.9 Å². The zero-order valence-electron chi connectivity index (χ0n) is 13.9. The molecule has 1 amide bonds. The van der Waals surface area contributed by atoms with Gasteiger partial charge in [-0.25, -0.2) is 9.18 Å². The first-order valence-electron chi connectivity index (χ1n) is 7.66. The lowest BCUT2D eigenvalue weighted by molar-refractivity contribution is -0.384. The number of nitrogens with one attached hydrogen (secondary N) is 1. The highest BCUT2D eigenvalue weighted by Crippen LogP contribution is 2.32. The van der Waals surface area contributed by atoms with E-state index in [4.69, 9.17) is 4.74 Å². The summed E-state index contributed by atoms with van der Waals surface area (Å²) in [6.45, 7) is 5.69. The minimum atomic E-state index is -1.31. The number of ether oxygens (including phenoxy) is 1. The monoisotopic (exact) mass is 340 g/mol. The summed E-state index contributed by atoms with van der Waals surface area (Å²) in [6.07, 6.45) is 0.432. The van der Waals surface area contributed by atoms with Crippen molar-refractivity contribution in [1.29, 1.82) is 0 Å². The molecule has 0 spiro atoms. The van der Waals surface area contributed by atoms with Crippen molar-refractivity contribution in [3.63, 3.8) is 0 Å². The van der Waals surface area contributed by atoms with E-state index in [1.807, 2.05) is 0 Å². The second kappa shape index (κ2) is 7.08. The van der Waals surface area contributed by atoms with Gasteiger partial charge in [-0.3, -0.25) is 20.0 Å². The van der Waals surface area contributed by atoms with Crippen molar-refractivity contribution in [3.05, 3.63) is 28.6 Å². The van der Waals surface area contributed by atoms with Crippen LogP contribution in [0.2, 0.25) is 0 Å². The van der Waals surface area contributed by atoms with Gasteiger partial charge in [0.15, 0.2) is 0 Å². The van der Waals surface area contributed by atoms with Crippen LogP contribution in [0.15, 0.2) is 18.5 Å². The zero-order valence-corrected chi connectivity index (χ0v) is 13.9. The number of nitrogens with zero attached hydrogens (tertiary/aromatic N) is 3. The summed E-state index contributed by atoms with van der Waals surface area (Å²) in [5.74, 6) is 0. The molecule has 0 saturated carbocycles. The maximum atomic E-state index is 14.4. The Morgan fingerprint density at radius 2 is 2.25 bits per heavy atom. The molecule has 2 rings (SSSR count). The molecule has 0 aromatic carbocycles. The Morgan fingerprint density at radius 3 is 2.83 bits per heavy atom. The van der Waals surface area contributed by atoms with Crippen LogP contribution < -0.4 is 10.2 Å². The molecule has 0 unspecified atom stereocenters. The number of piperidine rings is 1. The SMILES string of the molecule is CC(C)(C)OC(=O)N(c1ccncc1[N+](=O)[O-])[C@@H]1CNCC[C@H]1F. The van der Waals surface area contributed by atoms with Gasteiger partial charge in [0.1, 0.15) is 23.7 Å². The van der Waals surface area contributed by atoms with E-state index in [1.54, 1.807) is 20.8 Å². The third kappa shape index (κ3) is 4.16. The summed E-state index contributed by atoms with van der Waals surface area (Å²) in [5.41, 5.74) is -1.22. The van der Waals surface area contributed by atoms with Gasteiger partial charge in [0.25, 0.3) is 0 Å². The summed E-state index contributed by atoms with van der Waals surface area (Å²) < 4.78 is 19.8. The van der Waals surface area contributed by atoms with E-state index in [-0.39, 0.29) is 24.3 Å². The number of carbonyl (C=O) groups excluding carboxylic acids is 1. The average Bonchev–Trinajstić information content (AvgIpc) is 2.48. The highest BCUT2D eigenvalue weighted by atomic mass is 19.1.